The van der Waals surface area contributed by atoms with Crippen molar-refractivity contribution in [1.29, 1.82) is 0 Å². The molecule has 2 heterocycles. The van der Waals surface area contributed by atoms with E-state index < -0.39 is 0 Å². The topological polar surface area (TPSA) is 40.6 Å². The van der Waals surface area contributed by atoms with E-state index in [0.717, 1.165) is 49.9 Å². The number of benzene rings is 1. The Morgan fingerprint density at radius 1 is 0.962 bits per heavy atom. The van der Waals surface area contributed by atoms with Gasteiger partial charge in [-0.3, -0.25) is 9.59 Å². The van der Waals surface area contributed by atoms with Crippen LogP contribution in [0.4, 0.5) is 0 Å². The molecule has 0 bridgehead atoms. The van der Waals surface area contributed by atoms with Gasteiger partial charge < -0.3 is 9.80 Å². The molecule has 1 aromatic carbocycles. The predicted molar refractivity (Wildman–Crippen MR) is 103 cm³/mol. The summed E-state index contributed by atoms with van der Waals surface area (Å²) in [5, 5.41) is 0. The van der Waals surface area contributed by atoms with Crippen LogP contribution in [-0.2, 0) is 4.79 Å². The van der Waals surface area contributed by atoms with Crippen LogP contribution in [0.25, 0.3) is 6.08 Å². The maximum Gasteiger partial charge on any atom is 0.246 e. The molecule has 2 saturated heterocycles. The van der Waals surface area contributed by atoms with Gasteiger partial charge in [0.2, 0.25) is 5.91 Å². The maximum absolute atomic E-state index is 12.6. The van der Waals surface area contributed by atoms with Gasteiger partial charge in [0.15, 0.2) is 5.78 Å². The molecule has 0 spiro atoms. The van der Waals surface area contributed by atoms with E-state index in [9.17, 15) is 9.59 Å². The Morgan fingerprint density at radius 3 is 2.38 bits per heavy atom. The van der Waals surface area contributed by atoms with Crippen molar-refractivity contribution in [2.75, 3.05) is 26.2 Å². The fourth-order valence-corrected chi connectivity index (χ4v) is 4.18. The highest BCUT2D eigenvalue weighted by atomic mass is 16.2. The van der Waals surface area contributed by atoms with Gasteiger partial charge in [-0.15, -0.1) is 0 Å². The molecular weight excluding hydrogens is 324 g/mol. The lowest BCUT2D eigenvalue weighted by Crippen LogP contribution is -2.41. The van der Waals surface area contributed by atoms with E-state index in [2.05, 4.69) is 4.90 Å². The molecule has 1 aliphatic carbocycles. The lowest BCUT2D eigenvalue weighted by molar-refractivity contribution is -0.127. The molecule has 1 aromatic rings. The summed E-state index contributed by atoms with van der Waals surface area (Å²) in [5.74, 6) is 0.629. The van der Waals surface area contributed by atoms with Gasteiger partial charge in [-0.25, -0.2) is 0 Å². The Morgan fingerprint density at radius 2 is 1.69 bits per heavy atom. The van der Waals surface area contributed by atoms with Crippen molar-refractivity contribution < 1.29 is 9.59 Å². The van der Waals surface area contributed by atoms with Crippen LogP contribution >= 0.6 is 0 Å². The van der Waals surface area contributed by atoms with Crippen LogP contribution in [0.15, 0.2) is 30.3 Å². The van der Waals surface area contributed by atoms with Crippen molar-refractivity contribution in [2.45, 2.75) is 44.6 Å². The van der Waals surface area contributed by atoms with E-state index in [1.54, 1.807) is 6.08 Å². The van der Waals surface area contributed by atoms with E-state index in [-0.39, 0.29) is 17.6 Å². The molecule has 1 saturated carbocycles. The highest BCUT2D eigenvalue weighted by Crippen LogP contribution is 2.32. The number of rotatable bonds is 6. The third-order valence-corrected chi connectivity index (χ3v) is 5.89. The average molecular weight is 352 g/mol. The molecule has 4 rings (SSSR count). The van der Waals surface area contributed by atoms with Crippen molar-refractivity contribution in [3.05, 3.63) is 41.5 Å². The first kappa shape index (κ1) is 17.5. The Hall–Kier alpha value is -1.94. The minimum atomic E-state index is 0.116. The van der Waals surface area contributed by atoms with E-state index >= 15 is 0 Å². The molecule has 4 heteroatoms. The normalized spacial score (nSPS) is 23.8. The number of nitrogens with zero attached hydrogens (tertiary/aromatic N) is 2. The zero-order valence-corrected chi connectivity index (χ0v) is 15.4. The van der Waals surface area contributed by atoms with Crippen molar-refractivity contribution in [3.8, 4) is 0 Å². The lowest BCUT2D eigenvalue weighted by Gasteiger charge is -2.27. The van der Waals surface area contributed by atoms with Crippen LogP contribution < -0.4 is 0 Å². The standard InChI is InChI=1S/C22H28N2O2/c25-21(24-15-3-4-20(24)16-23-13-1-2-14-23)12-7-17-5-8-18(9-6-17)22(26)19-10-11-19/h5-9,12,19-20H,1-4,10-11,13-16H2. The molecule has 3 aliphatic rings. The fourth-order valence-electron chi connectivity index (χ4n) is 4.18. The van der Waals surface area contributed by atoms with E-state index in [4.69, 9.17) is 0 Å². The minimum Gasteiger partial charge on any atom is -0.335 e. The summed E-state index contributed by atoms with van der Waals surface area (Å²) in [6, 6.07) is 8.01. The molecule has 26 heavy (non-hydrogen) atoms. The third-order valence-electron chi connectivity index (χ3n) is 5.89. The summed E-state index contributed by atoms with van der Waals surface area (Å²) in [6.45, 7) is 4.26. The number of carbonyl (C=O) groups excluding carboxylic acids is 2. The maximum atomic E-state index is 12.6. The van der Waals surface area contributed by atoms with E-state index in [0.29, 0.717) is 6.04 Å². The zero-order valence-electron chi connectivity index (χ0n) is 15.4. The number of Topliss-reactive ketones (excluding diaryl/α,β-unsaturated/α-hetero) is 1. The molecule has 138 valence electrons. The van der Waals surface area contributed by atoms with Gasteiger partial charge >= 0.3 is 0 Å². The summed E-state index contributed by atoms with van der Waals surface area (Å²) in [6.07, 6.45) is 10.4. The van der Waals surface area contributed by atoms with Gasteiger partial charge in [-0.05, 0) is 63.3 Å². The summed E-state index contributed by atoms with van der Waals surface area (Å²) in [5.41, 5.74) is 1.77. The summed E-state index contributed by atoms with van der Waals surface area (Å²) in [7, 11) is 0. The summed E-state index contributed by atoms with van der Waals surface area (Å²) in [4.78, 5) is 29.2. The number of likely N-dealkylation sites (tertiary alicyclic amines) is 2. The van der Waals surface area contributed by atoms with Crippen molar-refractivity contribution >= 4 is 17.8 Å². The predicted octanol–water partition coefficient (Wildman–Crippen LogP) is 3.38. The second-order valence-electron chi connectivity index (χ2n) is 7.93. The highest BCUT2D eigenvalue weighted by molar-refractivity contribution is 5.99. The van der Waals surface area contributed by atoms with Gasteiger partial charge in [0.05, 0.1) is 0 Å². The molecule has 3 fully saturated rings. The number of ketones is 1. The highest BCUT2D eigenvalue weighted by Gasteiger charge is 2.30. The Balaban J connectivity index is 1.34. The number of hydrogen-bond donors (Lipinski definition) is 0. The first-order valence-electron chi connectivity index (χ1n) is 10.1. The van der Waals surface area contributed by atoms with E-state index in [1.807, 2.05) is 35.2 Å². The second-order valence-corrected chi connectivity index (χ2v) is 7.93. The van der Waals surface area contributed by atoms with Gasteiger partial charge in [0.25, 0.3) is 0 Å². The fraction of sp³-hybridized carbons (Fsp3) is 0.545. The van der Waals surface area contributed by atoms with Gasteiger partial charge in [0.1, 0.15) is 0 Å². The van der Waals surface area contributed by atoms with Crippen LogP contribution in [0.5, 0.6) is 0 Å². The van der Waals surface area contributed by atoms with Crippen LogP contribution in [0.3, 0.4) is 0 Å². The largest absolute Gasteiger partial charge is 0.335 e. The van der Waals surface area contributed by atoms with Gasteiger partial charge in [0, 0.05) is 36.7 Å². The molecule has 1 amide bonds. The number of hydrogen-bond acceptors (Lipinski definition) is 3. The van der Waals surface area contributed by atoms with Gasteiger partial charge in [-0.1, -0.05) is 24.3 Å². The van der Waals surface area contributed by atoms with Gasteiger partial charge in [-0.2, -0.15) is 0 Å². The van der Waals surface area contributed by atoms with Crippen molar-refractivity contribution in [3.63, 3.8) is 0 Å². The van der Waals surface area contributed by atoms with Crippen LogP contribution in [0, 0.1) is 5.92 Å². The Bertz CT molecular complexity index is 685. The third kappa shape index (κ3) is 4.07. The number of carbonyl (C=O) groups is 2. The smallest absolute Gasteiger partial charge is 0.246 e. The molecule has 0 aromatic heterocycles. The lowest BCUT2D eigenvalue weighted by atomic mass is 10.0. The molecule has 4 nitrogen and oxygen atoms in total. The van der Waals surface area contributed by atoms with E-state index in [1.165, 1.54) is 25.9 Å². The minimum absolute atomic E-state index is 0.116. The zero-order chi connectivity index (χ0) is 17.9. The molecule has 1 unspecified atom stereocenters. The number of amides is 1. The van der Waals surface area contributed by atoms with Crippen LogP contribution in [-0.4, -0.2) is 53.7 Å². The average Bonchev–Trinajstić information content (AvgIpc) is 3.19. The van der Waals surface area contributed by atoms with Crippen LogP contribution in [0.1, 0.15) is 54.4 Å². The quantitative estimate of drug-likeness (QED) is 0.582. The Labute approximate surface area is 155 Å². The first-order chi connectivity index (χ1) is 12.7. The molecule has 2 aliphatic heterocycles. The Kier molecular flexibility index (Phi) is 5.21. The molecular formula is C22H28N2O2. The van der Waals surface area contributed by atoms with Crippen molar-refractivity contribution in [2.24, 2.45) is 5.92 Å². The summed E-state index contributed by atoms with van der Waals surface area (Å²) < 4.78 is 0. The SMILES string of the molecule is O=C(c1ccc(C=CC(=O)N2CCCC2CN2CCCC2)cc1)C1CC1. The van der Waals surface area contributed by atoms with Crippen LogP contribution in [0.2, 0.25) is 0 Å². The molecule has 0 N–H and O–H groups in total. The monoisotopic (exact) mass is 352 g/mol. The molecule has 1 atom stereocenters. The second kappa shape index (κ2) is 7.75. The first-order valence-corrected chi connectivity index (χ1v) is 10.1. The van der Waals surface area contributed by atoms with Crippen molar-refractivity contribution in [1.82, 2.24) is 9.80 Å². The molecule has 0 radical (unpaired) electrons. The summed E-state index contributed by atoms with van der Waals surface area (Å²) >= 11 is 0.